The lowest BCUT2D eigenvalue weighted by atomic mass is 9.90. The number of ether oxygens (including phenoxy) is 1. The molecule has 1 N–H and O–H groups in total. The predicted molar refractivity (Wildman–Crippen MR) is 112 cm³/mol. The lowest BCUT2D eigenvalue weighted by Crippen LogP contribution is -2.33. The molecule has 144 valence electrons. The molecule has 4 rings (SSSR count). The van der Waals surface area contributed by atoms with Gasteiger partial charge in [-0.1, -0.05) is 32.5 Å². The third-order valence-electron chi connectivity index (χ3n) is 4.92. The maximum Gasteiger partial charge on any atom is 0.191 e. The van der Waals surface area contributed by atoms with E-state index < -0.39 is 0 Å². The molecule has 1 aliphatic rings. The number of hydrogen-bond donors (Lipinski definition) is 1. The summed E-state index contributed by atoms with van der Waals surface area (Å²) in [6.07, 6.45) is 3.58. The Kier molecular flexibility index (Phi) is 5.18. The molecule has 7 heteroatoms. The van der Waals surface area contributed by atoms with Crippen molar-refractivity contribution in [2.75, 3.05) is 5.32 Å². The second kappa shape index (κ2) is 7.45. The van der Waals surface area contributed by atoms with Crippen LogP contribution >= 0.6 is 23.1 Å². The van der Waals surface area contributed by atoms with E-state index in [2.05, 4.69) is 33.0 Å². The van der Waals surface area contributed by atoms with Crippen molar-refractivity contribution in [2.24, 2.45) is 0 Å². The first-order chi connectivity index (χ1) is 13.0. The minimum Gasteiger partial charge on any atom is -0.467 e. The number of nitrogens with one attached hydrogen (secondary N) is 1. The Morgan fingerprint density at radius 3 is 2.93 bits per heavy atom. The molecule has 0 aliphatic carbocycles. The Morgan fingerprint density at radius 1 is 1.37 bits per heavy atom. The number of furan rings is 1. The van der Waals surface area contributed by atoms with E-state index in [0.29, 0.717) is 18.4 Å². The summed E-state index contributed by atoms with van der Waals surface area (Å²) in [6.45, 7) is 9.97. The van der Waals surface area contributed by atoms with Gasteiger partial charge in [-0.3, -0.25) is 0 Å². The number of hydrogen-bond acceptors (Lipinski definition) is 7. The standard InChI is InChI=1S/C20H25N3O2S2/c1-5-20(4)9-14-15(11-25-20)27-18-16(14)17(21-10-13-7-6-8-24-13)22-19(23-18)26-12(2)3/h6-8,12H,5,9-11H2,1-4H3,(H,21,22,23). The van der Waals surface area contributed by atoms with E-state index in [1.54, 1.807) is 29.4 Å². The summed E-state index contributed by atoms with van der Waals surface area (Å²) >= 11 is 3.43. The van der Waals surface area contributed by atoms with E-state index in [4.69, 9.17) is 19.1 Å². The molecule has 1 unspecified atom stereocenters. The summed E-state index contributed by atoms with van der Waals surface area (Å²) in [5.41, 5.74) is 1.22. The van der Waals surface area contributed by atoms with E-state index >= 15 is 0 Å². The summed E-state index contributed by atoms with van der Waals surface area (Å²) in [7, 11) is 0. The molecule has 0 fully saturated rings. The Hall–Kier alpha value is -1.57. The largest absolute Gasteiger partial charge is 0.467 e. The minimum atomic E-state index is -0.120. The summed E-state index contributed by atoms with van der Waals surface area (Å²) in [5.74, 6) is 1.79. The highest BCUT2D eigenvalue weighted by Crippen LogP contribution is 2.42. The van der Waals surface area contributed by atoms with Crippen molar-refractivity contribution in [3.8, 4) is 0 Å². The van der Waals surface area contributed by atoms with E-state index in [-0.39, 0.29) is 5.60 Å². The first-order valence-corrected chi connectivity index (χ1v) is 11.1. The zero-order chi connectivity index (χ0) is 19.0. The van der Waals surface area contributed by atoms with Crippen molar-refractivity contribution in [1.82, 2.24) is 9.97 Å². The topological polar surface area (TPSA) is 60.2 Å². The molecular formula is C20H25N3O2S2. The number of rotatable bonds is 6. The highest BCUT2D eigenvalue weighted by molar-refractivity contribution is 7.99. The van der Waals surface area contributed by atoms with Crippen molar-refractivity contribution in [1.29, 1.82) is 0 Å². The second-order valence-corrected chi connectivity index (χ2v) is 10.0. The zero-order valence-electron chi connectivity index (χ0n) is 16.2. The highest BCUT2D eigenvalue weighted by Gasteiger charge is 2.33. The normalized spacial score (nSPS) is 19.6. The third kappa shape index (κ3) is 3.86. The number of nitrogens with zero attached hydrogens (tertiary/aromatic N) is 2. The molecule has 0 radical (unpaired) electrons. The van der Waals surface area contributed by atoms with Crippen LogP contribution in [0.5, 0.6) is 0 Å². The first-order valence-electron chi connectivity index (χ1n) is 9.36. The number of fused-ring (bicyclic) bond motifs is 3. The fraction of sp³-hybridized carbons (Fsp3) is 0.500. The fourth-order valence-electron chi connectivity index (χ4n) is 3.25. The smallest absolute Gasteiger partial charge is 0.191 e. The van der Waals surface area contributed by atoms with Crippen LogP contribution in [0.1, 0.15) is 50.3 Å². The van der Waals surface area contributed by atoms with Gasteiger partial charge in [-0.25, -0.2) is 9.97 Å². The van der Waals surface area contributed by atoms with E-state index in [0.717, 1.165) is 39.8 Å². The number of aromatic nitrogens is 2. The van der Waals surface area contributed by atoms with Crippen LogP contribution in [0.25, 0.3) is 10.2 Å². The molecule has 1 atom stereocenters. The van der Waals surface area contributed by atoms with Crippen molar-refractivity contribution in [2.45, 2.75) is 69.7 Å². The van der Waals surface area contributed by atoms with Crippen molar-refractivity contribution < 1.29 is 9.15 Å². The Morgan fingerprint density at radius 2 is 2.22 bits per heavy atom. The number of thioether (sulfide) groups is 1. The first kappa shape index (κ1) is 18.8. The SMILES string of the molecule is CCC1(C)Cc2c(sc3nc(SC(C)C)nc(NCc4ccco4)c23)CO1. The second-order valence-electron chi connectivity index (χ2n) is 7.41. The summed E-state index contributed by atoms with van der Waals surface area (Å²) in [6, 6.07) is 3.88. The van der Waals surface area contributed by atoms with Gasteiger partial charge in [-0.2, -0.15) is 0 Å². The summed E-state index contributed by atoms with van der Waals surface area (Å²) < 4.78 is 11.6. The van der Waals surface area contributed by atoms with Gasteiger partial charge in [-0.15, -0.1) is 11.3 Å². The van der Waals surface area contributed by atoms with Crippen LogP contribution in [0.15, 0.2) is 28.0 Å². The Bertz CT molecular complexity index is 937. The molecule has 0 bridgehead atoms. The lowest BCUT2D eigenvalue weighted by Gasteiger charge is -2.33. The van der Waals surface area contributed by atoms with Gasteiger partial charge in [0.25, 0.3) is 0 Å². The minimum absolute atomic E-state index is 0.120. The van der Waals surface area contributed by atoms with Gasteiger partial charge in [0, 0.05) is 16.5 Å². The summed E-state index contributed by atoms with van der Waals surface area (Å²) in [5, 5.41) is 5.89. The van der Waals surface area contributed by atoms with Gasteiger partial charge in [0.2, 0.25) is 0 Å². The molecule has 4 heterocycles. The molecule has 3 aromatic heterocycles. The van der Waals surface area contributed by atoms with Crippen molar-refractivity contribution in [3.05, 3.63) is 34.6 Å². The summed E-state index contributed by atoms with van der Waals surface area (Å²) in [4.78, 5) is 12.0. The molecule has 27 heavy (non-hydrogen) atoms. The van der Waals surface area contributed by atoms with Crippen LogP contribution in [0, 0.1) is 0 Å². The van der Waals surface area contributed by atoms with Crippen LogP contribution in [0.4, 0.5) is 5.82 Å². The van der Waals surface area contributed by atoms with Gasteiger partial charge in [-0.05, 0) is 31.0 Å². The molecule has 0 saturated heterocycles. The zero-order valence-corrected chi connectivity index (χ0v) is 17.8. The van der Waals surface area contributed by atoms with E-state index in [9.17, 15) is 0 Å². The Balaban J connectivity index is 1.77. The van der Waals surface area contributed by atoms with Crippen LogP contribution < -0.4 is 5.32 Å². The van der Waals surface area contributed by atoms with Crippen LogP contribution in [-0.2, 0) is 24.3 Å². The van der Waals surface area contributed by atoms with Gasteiger partial charge >= 0.3 is 0 Å². The molecule has 1 aliphatic heterocycles. The molecule has 0 aromatic carbocycles. The molecule has 0 amide bonds. The lowest BCUT2D eigenvalue weighted by molar-refractivity contribution is -0.0542. The molecule has 5 nitrogen and oxygen atoms in total. The third-order valence-corrected chi connectivity index (χ3v) is 6.88. The molecule has 0 spiro atoms. The van der Waals surface area contributed by atoms with E-state index in [1.165, 1.54) is 10.4 Å². The van der Waals surface area contributed by atoms with Crippen LogP contribution in [0.3, 0.4) is 0 Å². The quantitative estimate of drug-likeness (QED) is 0.425. The van der Waals surface area contributed by atoms with Crippen molar-refractivity contribution in [3.63, 3.8) is 0 Å². The Labute approximate surface area is 167 Å². The van der Waals surface area contributed by atoms with Gasteiger partial charge in [0.05, 0.1) is 30.4 Å². The maximum atomic E-state index is 6.15. The monoisotopic (exact) mass is 403 g/mol. The highest BCUT2D eigenvalue weighted by atomic mass is 32.2. The number of thiophene rings is 1. The fourth-order valence-corrected chi connectivity index (χ4v) is 5.13. The average Bonchev–Trinajstić information content (AvgIpc) is 3.26. The molecule has 0 saturated carbocycles. The van der Waals surface area contributed by atoms with Gasteiger partial charge in [0.15, 0.2) is 5.16 Å². The van der Waals surface area contributed by atoms with Crippen LogP contribution in [0.2, 0.25) is 0 Å². The van der Waals surface area contributed by atoms with Crippen molar-refractivity contribution >= 4 is 39.1 Å². The van der Waals surface area contributed by atoms with Gasteiger partial charge < -0.3 is 14.5 Å². The molecule has 3 aromatic rings. The van der Waals surface area contributed by atoms with Crippen LogP contribution in [-0.4, -0.2) is 20.8 Å². The number of anilines is 1. The van der Waals surface area contributed by atoms with Gasteiger partial charge in [0.1, 0.15) is 16.4 Å². The van der Waals surface area contributed by atoms with E-state index in [1.807, 2.05) is 12.1 Å². The average molecular weight is 404 g/mol. The maximum absolute atomic E-state index is 6.15. The molecular weight excluding hydrogens is 378 g/mol. The predicted octanol–water partition coefficient (Wildman–Crippen LogP) is 5.64.